The maximum atomic E-state index is 13.1. The van der Waals surface area contributed by atoms with Crippen molar-refractivity contribution in [2.45, 2.75) is 17.9 Å². The van der Waals surface area contributed by atoms with E-state index < -0.39 is 10.0 Å². The number of amides is 1. The van der Waals surface area contributed by atoms with Crippen LogP contribution in [0.15, 0.2) is 35.4 Å². The fraction of sp³-hybridized carbons (Fsp3) is 0.350. The second-order valence-corrected chi connectivity index (χ2v) is 11.0. The topological polar surface area (TPSA) is 85.5 Å². The van der Waals surface area contributed by atoms with E-state index in [1.165, 1.54) is 9.18 Å². The summed E-state index contributed by atoms with van der Waals surface area (Å²) < 4.78 is 27.6. The number of benzene rings is 1. The van der Waals surface area contributed by atoms with Gasteiger partial charge < -0.3 is 15.2 Å². The van der Waals surface area contributed by atoms with Crippen LogP contribution in [0.25, 0.3) is 10.9 Å². The molecule has 0 bridgehead atoms. The van der Waals surface area contributed by atoms with Gasteiger partial charge in [-0.15, -0.1) is 11.3 Å². The first kappa shape index (κ1) is 19.9. The number of aryl methyl sites for hydroxylation is 1. The SMILES string of the molecule is O=C(c1cc2c(s1)CCCN2)N1CCN(S(=O)(=O)c2cc3cc(Cl)ccc3[nH]2)CC1. The molecule has 1 saturated heterocycles. The van der Waals surface area contributed by atoms with Crippen LogP contribution >= 0.6 is 22.9 Å². The van der Waals surface area contributed by atoms with E-state index in [9.17, 15) is 13.2 Å². The monoisotopic (exact) mass is 464 g/mol. The number of carbonyl (C=O) groups is 1. The van der Waals surface area contributed by atoms with E-state index in [4.69, 9.17) is 11.6 Å². The lowest BCUT2D eigenvalue weighted by Crippen LogP contribution is -2.50. The average Bonchev–Trinajstić information content (AvgIpc) is 3.37. The Bertz CT molecular complexity index is 1200. The number of fused-ring (bicyclic) bond motifs is 2. The number of hydrogen-bond acceptors (Lipinski definition) is 5. The zero-order valence-electron chi connectivity index (χ0n) is 16.2. The standard InChI is InChI=1S/C20H21ClN4O3S2/c21-14-3-4-15-13(10-14)11-19(23-15)30(27,28)25-8-6-24(7-9-25)20(26)18-12-16-17(29-18)2-1-5-22-16/h3-4,10-12,22-23H,1-2,5-9H2. The number of aromatic nitrogens is 1. The van der Waals surface area contributed by atoms with Gasteiger partial charge in [-0.3, -0.25) is 4.79 Å². The summed E-state index contributed by atoms with van der Waals surface area (Å²) in [7, 11) is -3.66. The highest BCUT2D eigenvalue weighted by Crippen LogP contribution is 2.32. The minimum atomic E-state index is -3.66. The Balaban J connectivity index is 1.29. The minimum absolute atomic E-state index is 0.0199. The van der Waals surface area contributed by atoms with Crippen LogP contribution in [0.4, 0.5) is 5.69 Å². The molecule has 1 amide bonds. The maximum Gasteiger partial charge on any atom is 0.264 e. The zero-order chi connectivity index (χ0) is 20.9. The van der Waals surface area contributed by atoms with E-state index in [1.54, 1.807) is 40.5 Å². The highest BCUT2D eigenvalue weighted by atomic mass is 35.5. The summed E-state index contributed by atoms with van der Waals surface area (Å²) in [6, 6.07) is 8.76. The van der Waals surface area contributed by atoms with Gasteiger partial charge in [0.1, 0.15) is 5.03 Å². The van der Waals surface area contributed by atoms with E-state index in [0.29, 0.717) is 18.1 Å². The van der Waals surface area contributed by atoms with E-state index in [1.807, 2.05) is 6.07 Å². The first-order chi connectivity index (χ1) is 14.4. The van der Waals surface area contributed by atoms with Crippen LogP contribution in [0, 0.1) is 0 Å². The molecule has 3 aromatic rings. The van der Waals surface area contributed by atoms with E-state index in [2.05, 4.69) is 10.3 Å². The molecule has 2 aliphatic heterocycles. The molecular formula is C20H21ClN4O3S2. The van der Waals surface area contributed by atoms with Gasteiger partial charge in [-0.1, -0.05) is 11.6 Å². The summed E-state index contributed by atoms with van der Waals surface area (Å²) in [5.41, 5.74) is 1.79. The third kappa shape index (κ3) is 3.49. The molecule has 0 radical (unpaired) electrons. The highest BCUT2D eigenvalue weighted by Gasteiger charge is 2.32. The van der Waals surface area contributed by atoms with Crippen LogP contribution < -0.4 is 5.32 Å². The van der Waals surface area contributed by atoms with Crippen LogP contribution in [0.2, 0.25) is 5.02 Å². The lowest BCUT2D eigenvalue weighted by Gasteiger charge is -2.33. The molecule has 0 unspecified atom stereocenters. The first-order valence-electron chi connectivity index (χ1n) is 9.86. The molecule has 0 aliphatic carbocycles. The van der Waals surface area contributed by atoms with Crippen LogP contribution in [0.1, 0.15) is 21.0 Å². The molecule has 158 valence electrons. The normalized spacial score (nSPS) is 17.7. The van der Waals surface area contributed by atoms with Crippen molar-refractivity contribution in [3.63, 3.8) is 0 Å². The predicted octanol–water partition coefficient (Wildman–Crippen LogP) is 3.39. The lowest BCUT2D eigenvalue weighted by molar-refractivity contribution is 0.0702. The molecular weight excluding hydrogens is 444 g/mol. The van der Waals surface area contributed by atoms with Crippen LogP contribution in [-0.2, 0) is 16.4 Å². The van der Waals surface area contributed by atoms with E-state index >= 15 is 0 Å². The van der Waals surface area contributed by atoms with Crippen molar-refractivity contribution in [2.24, 2.45) is 0 Å². The predicted molar refractivity (Wildman–Crippen MR) is 119 cm³/mol. The Kier molecular flexibility index (Phi) is 5.01. The second kappa shape index (κ2) is 7.56. The number of aromatic amines is 1. The molecule has 0 atom stereocenters. The minimum Gasteiger partial charge on any atom is -0.384 e. The third-order valence-electron chi connectivity index (χ3n) is 5.62. The fourth-order valence-corrected chi connectivity index (χ4v) is 6.75. The molecule has 0 saturated carbocycles. The van der Waals surface area contributed by atoms with Crippen molar-refractivity contribution < 1.29 is 13.2 Å². The van der Waals surface area contributed by atoms with Crippen molar-refractivity contribution in [1.29, 1.82) is 0 Å². The lowest BCUT2D eigenvalue weighted by atomic mass is 10.2. The van der Waals surface area contributed by atoms with Crippen molar-refractivity contribution >= 4 is 55.5 Å². The van der Waals surface area contributed by atoms with Gasteiger partial charge >= 0.3 is 0 Å². The summed E-state index contributed by atoms with van der Waals surface area (Å²) in [6.07, 6.45) is 2.08. The quantitative estimate of drug-likeness (QED) is 0.622. The molecule has 2 aromatic heterocycles. The Morgan fingerprint density at radius 2 is 1.90 bits per heavy atom. The Morgan fingerprint density at radius 3 is 2.67 bits per heavy atom. The number of hydrogen-bond donors (Lipinski definition) is 2. The molecule has 4 heterocycles. The summed E-state index contributed by atoms with van der Waals surface area (Å²) in [6.45, 7) is 2.23. The highest BCUT2D eigenvalue weighted by molar-refractivity contribution is 7.89. The molecule has 5 rings (SSSR count). The van der Waals surface area contributed by atoms with Gasteiger partial charge in [0.05, 0.1) is 4.88 Å². The van der Waals surface area contributed by atoms with Crippen LogP contribution in [0.5, 0.6) is 0 Å². The van der Waals surface area contributed by atoms with Gasteiger partial charge in [-0.05, 0) is 43.2 Å². The van der Waals surface area contributed by atoms with Crippen LogP contribution in [0.3, 0.4) is 0 Å². The van der Waals surface area contributed by atoms with Crippen molar-refractivity contribution in [2.75, 3.05) is 38.0 Å². The molecule has 30 heavy (non-hydrogen) atoms. The van der Waals surface area contributed by atoms with Gasteiger partial charge in [-0.2, -0.15) is 4.31 Å². The summed E-state index contributed by atoms with van der Waals surface area (Å²) >= 11 is 7.55. The van der Waals surface area contributed by atoms with Crippen molar-refractivity contribution in [3.05, 3.63) is 45.1 Å². The zero-order valence-corrected chi connectivity index (χ0v) is 18.5. The Hall–Kier alpha value is -2.07. The first-order valence-corrected chi connectivity index (χ1v) is 12.5. The average molecular weight is 465 g/mol. The number of thiophene rings is 1. The number of rotatable bonds is 3. The molecule has 2 N–H and O–H groups in total. The van der Waals surface area contributed by atoms with E-state index in [0.717, 1.165) is 40.9 Å². The fourth-order valence-electron chi connectivity index (χ4n) is 3.98. The molecule has 10 heteroatoms. The summed E-state index contributed by atoms with van der Waals surface area (Å²) in [4.78, 5) is 19.6. The molecule has 0 spiro atoms. The molecule has 2 aliphatic rings. The summed E-state index contributed by atoms with van der Waals surface area (Å²) in [5, 5.41) is 4.80. The van der Waals surface area contributed by atoms with Crippen LogP contribution in [-0.4, -0.2) is 61.2 Å². The number of anilines is 1. The number of halogens is 1. The van der Waals surface area contributed by atoms with E-state index in [-0.39, 0.29) is 24.0 Å². The Morgan fingerprint density at radius 1 is 1.10 bits per heavy atom. The number of nitrogens with zero attached hydrogens (tertiary/aromatic N) is 2. The van der Waals surface area contributed by atoms with Crippen molar-refractivity contribution in [1.82, 2.24) is 14.2 Å². The van der Waals surface area contributed by atoms with Gasteiger partial charge in [0.25, 0.3) is 15.9 Å². The number of piperazine rings is 1. The van der Waals surface area contributed by atoms with Gasteiger partial charge in [-0.25, -0.2) is 8.42 Å². The summed E-state index contributed by atoms with van der Waals surface area (Å²) in [5.74, 6) is -0.0199. The molecule has 1 aromatic carbocycles. The van der Waals surface area contributed by atoms with Gasteiger partial charge in [0, 0.05) is 59.2 Å². The Labute approximate surface area is 183 Å². The second-order valence-electron chi connectivity index (χ2n) is 7.54. The smallest absolute Gasteiger partial charge is 0.264 e. The number of H-pyrrole nitrogens is 1. The molecule has 7 nitrogen and oxygen atoms in total. The van der Waals surface area contributed by atoms with Gasteiger partial charge in [0.15, 0.2) is 0 Å². The van der Waals surface area contributed by atoms with Gasteiger partial charge in [0.2, 0.25) is 0 Å². The number of sulfonamides is 1. The molecule has 1 fully saturated rings. The number of nitrogens with one attached hydrogen (secondary N) is 2. The maximum absolute atomic E-state index is 13.1. The largest absolute Gasteiger partial charge is 0.384 e. The van der Waals surface area contributed by atoms with Crippen molar-refractivity contribution in [3.8, 4) is 0 Å². The third-order valence-corrected chi connectivity index (χ3v) is 8.86. The number of carbonyl (C=O) groups excluding carboxylic acids is 1.